The van der Waals surface area contributed by atoms with Gasteiger partial charge in [0, 0.05) is 30.6 Å². The summed E-state index contributed by atoms with van der Waals surface area (Å²) in [5, 5.41) is 8.89. The highest BCUT2D eigenvalue weighted by Gasteiger charge is 2.25. The summed E-state index contributed by atoms with van der Waals surface area (Å²) >= 11 is 0. The van der Waals surface area contributed by atoms with Crippen LogP contribution < -0.4 is 4.74 Å². The number of likely N-dealkylation sites (tertiary alicyclic amines) is 1. The van der Waals surface area contributed by atoms with E-state index in [1.165, 1.54) is 5.56 Å². The highest BCUT2D eigenvalue weighted by Crippen LogP contribution is 2.27. The predicted molar refractivity (Wildman–Crippen MR) is 104 cm³/mol. The number of hydrogen-bond acceptors (Lipinski definition) is 4. The second kappa shape index (κ2) is 7.85. The minimum Gasteiger partial charge on any atom is -0.486 e. The molecule has 142 valence electrons. The first-order chi connectivity index (χ1) is 13.6. The van der Waals surface area contributed by atoms with E-state index in [4.69, 9.17) is 10.00 Å². The van der Waals surface area contributed by atoms with Crippen molar-refractivity contribution in [2.24, 2.45) is 5.92 Å². The summed E-state index contributed by atoms with van der Waals surface area (Å²) in [7, 11) is 0. The van der Waals surface area contributed by atoms with Gasteiger partial charge in [0.05, 0.1) is 11.6 Å². The molecule has 2 aromatic carbocycles. The Morgan fingerprint density at radius 1 is 1.14 bits per heavy atom. The van der Waals surface area contributed by atoms with Gasteiger partial charge in [0.25, 0.3) is 5.91 Å². The molecular weight excluding hydrogens is 352 g/mol. The highest BCUT2D eigenvalue weighted by atomic mass is 16.5. The lowest BCUT2D eigenvalue weighted by Gasteiger charge is -2.32. The molecular formula is C23H22N2O3. The van der Waals surface area contributed by atoms with Crippen molar-refractivity contribution in [3.63, 3.8) is 0 Å². The minimum absolute atomic E-state index is 0.0256. The van der Waals surface area contributed by atoms with Gasteiger partial charge in [0.1, 0.15) is 12.4 Å². The van der Waals surface area contributed by atoms with E-state index in [1.54, 1.807) is 18.2 Å². The zero-order chi connectivity index (χ0) is 19.5. The number of benzene rings is 2. The Morgan fingerprint density at radius 2 is 1.89 bits per heavy atom. The molecule has 0 aliphatic carbocycles. The molecule has 2 aromatic rings. The van der Waals surface area contributed by atoms with E-state index in [2.05, 4.69) is 6.07 Å². The van der Waals surface area contributed by atoms with Crippen molar-refractivity contribution in [2.75, 3.05) is 19.7 Å². The highest BCUT2D eigenvalue weighted by molar-refractivity contribution is 5.95. The van der Waals surface area contributed by atoms with Gasteiger partial charge in [0.2, 0.25) is 0 Å². The topological polar surface area (TPSA) is 70.4 Å². The Hall–Kier alpha value is -3.13. The average Bonchev–Trinajstić information content (AvgIpc) is 2.74. The third-order valence-corrected chi connectivity index (χ3v) is 5.59. The molecule has 0 atom stereocenters. The average molecular weight is 374 g/mol. The molecule has 0 radical (unpaired) electrons. The van der Waals surface area contributed by atoms with E-state index in [0.717, 1.165) is 37.9 Å². The van der Waals surface area contributed by atoms with Crippen molar-refractivity contribution in [3.05, 3.63) is 64.7 Å². The number of hydrogen-bond donors (Lipinski definition) is 0. The predicted octanol–water partition coefficient (Wildman–Crippen LogP) is 3.16. The monoisotopic (exact) mass is 374 g/mol. The Labute approximate surface area is 164 Å². The van der Waals surface area contributed by atoms with E-state index in [1.807, 2.05) is 29.2 Å². The van der Waals surface area contributed by atoms with Crippen LogP contribution in [-0.4, -0.2) is 36.3 Å². The number of carbonyl (C=O) groups is 2. The molecule has 1 amide bonds. The van der Waals surface area contributed by atoms with Gasteiger partial charge >= 0.3 is 0 Å². The number of piperidine rings is 1. The van der Waals surface area contributed by atoms with Crippen molar-refractivity contribution >= 4 is 11.7 Å². The first kappa shape index (κ1) is 18.2. The molecule has 0 N–H and O–H groups in total. The Kier molecular flexibility index (Phi) is 5.12. The maximum absolute atomic E-state index is 12.9. The fourth-order valence-electron chi connectivity index (χ4n) is 3.98. The van der Waals surface area contributed by atoms with Gasteiger partial charge in [-0.25, -0.2) is 0 Å². The number of ether oxygens (including phenoxy) is 1. The van der Waals surface area contributed by atoms with Crippen LogP contribution in [0.4, 0.5) is 0 Å². The molecule has 2 aliphatic rings. The summed E-state index contributed by atoms with van der Waals surface area (Å²) in [6.45, 7) is 1.60. The normalized spacial score (nSPS) is 16.8. The van der Waals surface area contributed by atoms with Crippen molar-refractivity contribution < 1.29 is 14.3 Å². The van der Waals surface area contributed by atoms with E-state index >= 15 is 0 Å². The van der Waals surface area contributed by atoms with Crippen molar-refractivity contribution in [1.82, 2.24) is 4.90 Å². The second-order valence-corrected chi connectivity index (χ2v) is 7.58. The first-order valence-corrected chi connectivity index (χ1v) is 9.68. The van der Waals surface area contributed by atoms with Crippen LogP contribution in [0.2, 0.25) is 0 Å². The lowest BCUT2D eigenvalue weighted by atomic mass is 9.89. The molecule has 2 aliphatic heterocycles. The van der Waals surface area contributed by atoms with E-state index < -0.39 is 0 Å². The molecule has 0 aromatic heterocycles. The van der Waals surface area contributed by atoms with Gasteiger partial charge in [-0.05, 0) is 61.1 Å². The van der Waals surface area contributed by atoms with Gasteiger partial charge in [-0.15, -0.1) is 0 Å². The molecule has 1 saturated heterocycles. The van der Waals surface area contributed by atoms with Crippen molar-refractivity contribution in [3.8, 4) is 11.8 Å². The summed E-state index contributed by atoms with van der Waals surface area (Å²) in [6, 6.07) is 15.3. The van der Waals surface area contributed by atoms with E-state index in [9.17, 15) is 9.59 Å². The lowest BCUT2D eigenvalue weighted by molar-refractivity contribution is -0.121. The largest absolute Gasteiger partial charge is 0.486 e. The van der Waals surface area contributed by atoms with Gasteiger partial charge in [-0.1, -0.05) is 12.1 Å². The summed E-state index contributed by atoms with van der Waals surface area (Å²) in [6.07, 6.45) is 3.26. The SMILES string of the molecule is N#Cc1ccc(CC2CCN(C(=O)c3ccc4c(c3)CC(=O)CO4)CC2)cc1. The van der Waals surface area contributed by atoms with Crippen molar-refractivity contribution in [2.45, 2.75) is 25.7 Å². The van der Waals surface area contributed by atoms with Crippen LogP contribution in [0.3, 0.4) is 0 Å². The Morgan fingerprint density at radius 3 is 2.61 bits per heavy atom. The van der Waals surface area contributed by atoms with Gasteiger partial charge in [-0.3, -0.25) is 9.59 Å². The van der Waals surface area contributed by atoms with Crippen LogP contribution in [0.1, 0.15) is 39.9 Å². The van der Waals surface area contributed by atoms with Gasteiger partial charge in [0.15, 0.2) is 5.78 Å². The molecule has 2 heterocycles. The maximum atomic E-state index is 12.9. The van der Waals surface area contributed by atoms with Gasteiger partial charge < -0.3 is 9.64 Å². The number of carbonyl (C=O) groups excluding carboxylic acids is 2. The van der Waals surface area contributed by atoms with Crippen LogP contribution in [0, 0.1) is 17.2 Å². The molecule has 0 bridgehead atoms. The molecule has 0 spiro atoms. The van der Waals surface area contributed by atoms with Crippen LogP contribution in [0.5, 0.6) is 5.75 Å². The van der Waals surface area contributed by atoms with E-state index in [0.29, 0.717) is 29.2 Å². The molecule has 5 heteroatoms. The molecule has 0 saturated carbocycles. The zero-order valence-corrected chi connectivity index (χ0v) is 15.7. The summed E-state index contributed by atoms with van der Waals surface area (Å²) < 4.78 is 5.41. The standard InChI is InChI=1S/C23H22N2O3/c24-14-18-3-1-16(2-4-18)11-17-7-9-25(10-8-17)23(27)19-5-6-22-20(12-19)13-21(26)15-28-22/h1-6,12,17H,7-11,13,15H2. The number of nitrogens with zero attached hydrogens (tertiary/aromatic N) is 2. The fraction of sp³-hybridized carbons (Fsp3) is 0.348. The minimum atomic E-state index is 0.0256. The Bertz CT molecular complexity index is 935. The third-order valence-electron chi connectivity index (χ3n) is 5.59. The molecule has 1 fully saturated rings. The summed E-state index contributed by atoms with van der Waals surface area (Å²) in [5.74, 6) is 1.32. The van der Waals surface area contributed by atoms with Crippen LogP contribution >= 0.6 is 0 Å². The van der Waals surface area contributed by atoms with Crippen LogP contribution in [0.25, 0.3) is 0 Å². The molecule has 5 nitrogen and oxygen atoms in total. The third kappa shape index (κ3) is 3.91. The number of fused-ring (bicyclic) bond motifs is 1. The lowest BCUT2D eigenvalue weighted by Crippen LogP contribution is -2.39. The number of Topliss-reactive ketones (excluding diaryl/α,β-unsaturated/α-hetero) is 1. The molecule has 4 rings (SSSR count). The summed E-state index contributed by atoms with van der Waals surface area (Å²) in [5.41, 5.74) is 3.35. The van der Waals surface area contributed by atoms with Crippen LogP contribution in [0.15, 0.2) is 42.5 Å². The van der Waals surface area contributed by atoms with E-state index in [-0.39, 0.29) is 18.3 Å². The fourth-order valence-corrected chi connectivity index (χ4v) is 3.98. The molecule has 0 unspecified atom stereocenters. The zero-order valence-electron chi connectivity index (χ0n) is 15.7. The molecule has 28 heavy (non-hydrogen) atoms. The Balaban J connectivity index is 1.35. The van der Waals surface area contributed by atoms with Gasteiger partial charge in [-0.2, -0.15) is 5.26 Å². The first-order valence-electron chi connectivity index (χ1n) is 9.68. The number of nitriles is 1. The maximum Gasteiger partial charge on any atom is 0.253 e. The number of rotatable bonds is 3. The number of ketones is 1. The second-order valence-electron chi connectivity index (χ2n) is 7.58. The number of amides is 1. The smallest absolute Gasteiger partial charge is 0.253 e. The summed E-state index contributed by atoms with van der Waals surface area (Å²) in [4.78, 5) is 26.4. The quantitative estimate of drug-likeness (QED) is 0.827. The van der Waals surface area contributed by atoms with Crippen LogP contribution in [-0.2, 0) is 17.6 Å². The van der Waals surface area contributed by atoms with Crippen molar-refractivity contribution in [1.29, 1.82) is 5.26 Å².